The quantitative estimate of drug-likeness (QED) is 0.179. The van der Waals surface area contributed by atoms with Crippen molar-refractivity contribution in [3.63, 3.8) is 0 Å². The number of rotatable bonds is 8. The Balaban J connectivity index is 1.43. The molecule has 2 amide bonds. The molecule has 0 aromatic heterocycles. The van der Waals surface area contributed by atoms with E-state index < -0.39 is 22.7 Å². The molecule has 0 unspecified atom stereocenters. The minimum atomic E-state index is -0.571. The summed E-state index contributed by atoms with van der Waals surface area (Å²) in [5, 5.41) is 16.8. The number of nitro benzene ring substituents is 1. The lowest BCUT2D eigenvalue weighted by Crippen LogP contribution is -2.34. The summed E-state index contributed by atoms with van der Waals surface area (Å²) < 4.78 is 5.28. The Labute approximate surface area is 188 Å². The molecule has 0 saturated heterocycles. The number of hydrogen-bond acceptors (Lipinski definition) is 7. The first-order chi connectivity index (χ1) is 15.9. The average Bonchev–Trinajstić information content (AvgIpc) is 2.84. The molecular formula is C23H18N4O6. The Kier molecular flexibility index (Phi) is 7.58. The predicted molar refractivity (Wildman–Crippen MR) is 119 cm³/mol. The van der Waals surface area contributed by atoms with Crippen molar-refractivity contribution in [1.29, 1.82) is 0 Å². The molecular weight excluding hydrogens is 428 g/mol. The highest BCUT2D eigenvalue weighted by atomic mass is 16.6. The highest BCUT2D eigenvalue weighted by molar-refractivity contribution is 5.96. The minimum Gasteiger partial charge on any atom is -0.423 e. The molecule has 0 saturated carbocycles. The molecule has 33 heavy (non-hydrogen) atoms. The molecule has 0 aliphatic rings. The minimum absolute atomic E-state index is 0.138. The number of nitrogens with zero attached hydrogens (tertiary/aromatic N) is 2. The third-order valence-electron chi connectivity index (χ3n) is 4.25. The van der Waals surface area contributed by atoms with Crippen LogP contribution in [0.2, 0.25) is 0 Å². The molecule has 0 aliphatic heterocycles. The molecule has 0 bridgehead atoms. The largest absolute Gasteiger partial charge is 0.423 e. The molecule has 0 atom stereocenters. The Morgan fingerprint density at radius 3 is 2.21 bits per heavy atom. The molecule has 2 N–H and O–H groups in total. The molecule has 0 aliphatic carbocycles. The second-order valence-corrected chi connectivity index (χ2v) is 6.60. The van der Waals surface area contributed by atoms with Crippen molar-refractivity contribution in [1.82, 2.24) is 10.7 Å². The van der Waals surface area contributed by atoms with Gasteiger partial charge >= 0.3 is 5.97 Å². The number of carbonyl (C=O) groups is 3. The van der Waals surface area contributed by atoms with Crippen LogP contribution in [0.25, 0.3) is 0 Å². The normalized spacial score (nSPS) is 10.4. The van der Waals surface area contributed by atoms with Crippen LogP contribution >= 0.6 is 0 Å². The zero-order chi connectivity index (χ0) is 23.6. The van der Waals surface area contributed by atoms with E-state index in [1.165, 1.54) is 30.5 Å². The standard InChI is InChI=1S/C23H18N4O6/c28-21(15-24-22(29)17-8-10-19(11-9-17)27(31)32)26-25-14-16-6-12-20(13-7-16)33-23(30)18-4-2-1-3-5-18/h1-14H,15H2,(H,24,29)(H,26,28)/b25-14-. The topological polar surface area (TPSA) is 140 Å². The molecule has 3 aromatic carbocycles. The number of carbonyl (C=O) groups excluding carboxylic acids is 3. The van der Waals surface area contributed by atoms with E-state index in [9.17, 15) is 24.5 Å². The lowest BCUT2D eigenvalue weighted by atomic mass is 10.2. The third kappa shape index (κ3) is 6.82. The van der Waals surface area contributed by atoms with E-state index in [0.717, 1.165) is 0 Å². The summed E-state index contributed by atoms with van der Waals surface area (Å²) in [7, 11) is 0. The number of hydrogen-bond donors (Lipinski definition) is 2. The number of nitro groups is 1. The van der Waals surface area contributed by atoms with Crippen LogP contribution in [0, 0.1) is 10.1 Å². The predicted octanol–water partition coefficient (Wildman–Crippen LogP) is 2.69. The average molecular weight is 446 g/mol. The zero-order valence-electron chi connectivity index (χ0n) is 17.1. The Hall–Kier alpha value is -4.86. The van der Waals surface area contributed by atoms with Gasteiger partial charge in [0, 0.05) is 17.7 Å². The van der Waals surface area contributed by atoms with Crippen molar-refractivity contribution in [3.05, 3.63) is 106 Å². The summed E-state index contributed by atoms with van der Waals surface area (Å²) in [6.07, 6.45) is 1.39. The summed E-state index contributed by atoms with van der Waals surface area (Å²) in [6, 6.07) is 20.1. The fourth-order valence-corrected chi connectivity index (χ4v) is 2.58. The summed E-state index contributed by atoms with van der Waals surface area (Å²) in [6.45, 7) is -0.332. The monoisotopic (exact) mass is 446 g/mol. The van der Waals surface area contributed by atoms with Crippen LogP contribution in [-0.2, 0) is 4.79 Å². The van der Waals surface area contributed by atoms with Crippen LogP contribution in [0.4, 0.5) is 5.69 Å². The van der Waals surface area contributed by atoms with E-state index in [0.29, 0.717) is 16.9 Å². The van der Waals surface area contributed by atoms with Crippen LogP contribution in [0.5, 0.6) is 5.75 Å². The van der Waals surface area contributed by atoms with E-state index in [4.69, 9.17) is 4.74 Å². The fourth-order valence-electron chi connectivity index (χ4n) is 2.58. The summed E-state index contributed by atoms with van der Waals surface area (Å²) >= 11 is 0. The lowest BCUT2D eigenvalue weighted by molar-refractivity contribution is -0.384. The lowest BCUT2D eigenvalue weighted by Gasteiger charge is -2.05. The van der Waals surface area contributed by atoms with Crippen molar-refractivity contribution < 1.29 is 24.0 Å². The van der Waals surface area contributed by atoms with Gasteiger partial charge < -0.3 is 10.1 Å². The van der Waals surface area contributed by atoms with Gasteiger partial charge in [0.2, 0.25) is 0 Å². The Morgan fingerprint density at radius 2 is 1.58 bits per heavy atom. The van der Waals surface area contributed by atoms with Crippen LogP contribution in [0.1, 0.15) is 26.3 Å². The molecule has 0 heterocycles. The maximum absolute atomic E-state index is 12.0. The van der Waals surface area contributed by atoms with Crippen molar-refractivity contribution in [2.45, 2.75) is 0 Å². The molecule has 10 nitrogen and oxygen atoms in total. The van der Waals surface area contributed by atoms with Crippen molar-refractivity contribution in [3.8, 4) is 5.75 Å². The molecule has 10 heteroatoms. The number of ether oxygens (including phenoxy) is 1. The zero-order valence-corrected chi connectivity index (χ0v) is 17.1. The maximum Gasteiger partial charge on any atom is 0.343 e. The first kappa shape index (κ1) is 22.8. The van der Waals surface area contributed by atoms with Gasteiger partial charge in [-0.2, -0.15) is 5.10 Å². The van der Waals surface area contributed by atoms with Gasteiger partial charge in [0.15, 0.2) is 0 Å². The van der Waals surface area contributed by atoms with Crippen LogP contribution in [-0.4, -0.2) is 35.5 Å². The van der Waals surface area contributed by atoms with Crippen molar-refractivity contribution in [2.24, 2.45) is 5.10 Å². The van der Waals surface area contributed by atoms with Crippen LogP contribution < -0.4 is 15.5 Å². The Bertz CT molecular complexity index is 1180. The van der Waals surface area contributed by atoms with E-state index in [1.807, 2.05) is 0 Å². The summed E-state index contributed by atoms with van der Waals surface area (Å²) in [4.78, 5) is 45.9. The molecule has 3 rings (SSSR count). The summed E-state index contributed by atoms with van der Waals surface area (Å²) in [5.41, 5.74) is 3.40. The first-order valence-electron chi connectivity index (χ1n) is 9.64. The van der Waals surface area contributed by atoms with Gasteiger partial charge in [-0.15, -0.1) is 0 Å². The maximum atomic E-state index is 12.0. The van der Waals surface area contributed by atoms with Gasteiger partial charge in [-0.05, 0) is 54.1 Å². The number of benzene rings is 3. The Morgan fingerprint density at radius 1 is 0.909 bits per heavy atom. The number of esters is 1. The highest BCUT2D eigenvalue weighted by Crippen LogP contribution is 2.14. The van der Waals surface area contributed by atoms with E-state index in [2.05, 4.69) is 15.8 Å². The second kappa shape index (κ2) is 11.0. The van der Waals surface area contributed by atoms with Gasteiger partial charge in [-0.3, -0.25) is 19.7 Å². The smallest absolute Gasteiger partial charge is 0.343 e. The molecule has 0 radical (unpaired) electrons. The number of amides is 2. The van der Waals surface area contributed by atoms with E-state index >= 15 is 0 Å². The van der Waals surface area contributed by atoms with Gasteiger partial charge in [0.05, 0.1) is 23.2 Å². The van der Waals surface area contributed by atoms with E-state index in [-0.39, 0.29) is 17.8 Å². The van der Waals surface area contributed by atoms with Gasteiger partial charge in [-0.25, -0.2) is 10.2 Å². The van der Waals surface area contributed by atoms with E-state index in [1.54, 1.807) is 54.6 Å². The van der Waals surface area contributed by atoms with Gasteiger partial charge in [0.1, 0.15) is 5.75 Å². The SMILES string of the molecule is O=C(CNC(=O)c1ccc([N+](=O)[O-])cc1)N/N=C\c1ccc(OC(=O)c2ccccc2)cc1. The van der Waals surface area contributed by atoms with Gasteiger partial charge in [-0.1, -0.05) is 18.2 Å². The van der Waals surface area contributed by atoms with Crippen molar-refractivity contribution >= 4 is 29.7 Å². The van der Waals surface area contributed by atoms with Crippen LogP contribution in [0.3, 0.4) is 0 Å². The molecule has 166 valence electrons. The van der Waals surface area contributed by atoms with Gasteiger partial charge in [0.25, 0.3) is 17.5 Å². The summed E-state index contributed by atoms with van der Waals surface area (Å²) in [5.74, 6) is -1.22. The first-order valence-corrected chi connectivity index (χ1v) is 9.64. The number of nitrogens with one attached hydrogen (secondary N) is 2. The molecule has 3 aromatic rings. The highest BCUT2D eigenvalue weighted by Gasteiger charge is 2.10. The molecule has 0 fully saturated rings. The number of hydrazone groups is 1. The third-order valence-corrected chi connectivity index (χ3v) is 4.25. The van der Waals surface area contributed by atoms with Crippen molar-refractivity contribution in [2.75, 3.05) is 6.54 Å². The van der Waals surface area contributed by atoms with Crippen LogP contribution in [0.15, 0.2) is 84.0 Å². The fraction of sp³-hybridized carbons (Fsp3) is 0.0435. The number of non-ortho nitro benzene ring substituents is 1. The second-order valence-electron chi connectivity index (χ2n) is 6.60. The molecule has 0 spiro atoms.